The summed E-state index contributed by atoms with van der Waals surface area (Å²) in [5.74, 6) is 0. The Balaban J connectivity index is 1.86. The first-order chi connectivity index (χ1) is 10.8. The lowest BCUT2D eigenvalue weighted by molar-refractivity contribution is -0.137. The normalized spacial score (nSPS) is 12.7. The highest BCUT2D eigenvalue weighted by Crippen LogP contribution is 2.29. The van der Waals surface area contributed by atoms with Crippen molar-refractivity contribution in [1.29, 1.82) is 0 Å². The Labute approximate surface area is 130 Å². The second kappa shape index (κ2) is 6.74. The molecule has 0 aliphatic rings. The van der Waals surface area contributed by atoms with Crippen molar-refractivity contribution in [2.45, 2.75) is 12.3 Å². The lowest BCUT2D eigenvalue weighted by Crippen LogP contribution is -2.32. The van der Waals surface area contributed by atoms with Gasteiger partial charge in [0.15, 0.2) is 0 Å². The van der Waals surface area contributed by atoms with Crippen LogP contribution in [0.4, 0.5) is 23.7 Å². The third-order valence-corrected chi connectivity index (χ3v) is 3.25. The number of aryl methyl sites for hydroxylation is 1. The van der Waals surface area contributed by atoms with Crippen LogP contribution >= 0.6 is 0 Å². The van der Waals surface area contributed by atoms with E-state index in [1.54, 1.807) is 29.9 Å². The minimum Gasteiger partial charge on any atom is -0.385 e. The summed E-state index contributed by atoms with van der Waals surface area (Å²) in [6, 6.07) is 6.97. The molecule has 0 saturated heterocycles. The molecule has 0 aliphatic heterocycles. The topological polar surface area (TPSA) is 66.3 Å². The van der Waals surface area contributed by atoms with Gasteiger partial charge in [0.2, 0.25) is 0 Å². The summed E-state index contributed by atoms with van der Waals surface area (Å²) in [5.41, 5.74) is 0.0753. The maximum absolute atomic E-state index is 12.4. The summed E-state index contributed by atoms with van der Waals surface area (Å²) in [6.45, 7) is -0.0235. The Morgan fingerprint density at radius 1 is 1.26 bits per heavy atom. The van der Waals surface area contributed by atoms with Crippen LogP contribution in [0.5, 0.6) is 0 Å². The van der Waals surface area contributed by atoms with Gasteiger partial charge in [0.05, 0.1) is 12.1 Å². The molecule has 2 rings (SSSR count). The number of aliphatic hydroxyl groups excluding tert-OH is 1. The second-order valence-electron chi connectivity index (χ2n) is 4.97. The van der Waals surface area contributed by atoms with Gasteiger partial charge in [0.25, 0.3) is 0 Å². The Morgan fingerprint density at radius 3 is 2.43 bits per heavy atom. The molecule has 1 aromatic carbocycles. The van der Waals surface area contributed by atoms with E-state index in [0.29, 0.717) is 5.69 Å². The molecule has 0 bridgehead atoms. The van der Waals surface area contributed by atoms with Gasteiger partial charge in [-0.15, -0.1) is 0 Å². The number of anilines is 1. The van der Waals surface area contributed by atoms with Gasteiger partial charge in [-0.05, 0) is 36.4 Å². The van der Waals surface area contributed by atoms with E-state index in [1.807, 2.05) is 0 Å². The predicted molar refractivity (Wildman–Crippen MR) is 78.8 cm³/mol. The fourth-order valence-electron chi connectivity index (χ4n) is 2.03. The molecule has 8 heteroatoms. The molecule has 0 spiro atoms. The number of nitrogens with zero attached hydrogens (tertiary/aromatic N) is 1. The Bertz CT molecular complexity index is 665. The predicted octanol–water partition coefficient (Wildman–Crippen LogP) is 2.90. The molecule has 3 N–H and O–H groups in total. The van der Waals surface area contributed by atoms with Gasteiger partial charge in [-0.1, -0.05) is 0 Å². The number of amides is 2. The molecule has 0 radical (unpaired) electrons. The molecule has 23 heavy (non-hydrogen) atoms. The van der Waals surface area contributed by atoms with E-state index in [1.165, 1.54) is 0 Å². The van der Waals surface area contributed by atoms with Gasteiger partial charge in [0, 0.05) is 24.6 Å². The van der Waals surface area contributed by atoms with Crippen molar-refractivity contribution < 1.29 is 23.1 Å². The first kappa shape index (κ1) is 16.9. The number of carbonyl (C=O) groups is 1. The van der Waals surface area contributed by atoms with E-state index in [2.05, 4.69) is 10.6 Å². The fourth-order valence-corrected chi connectivity index (χ4v) is 2.03. The molecule has 2 amide bonds. The zero-order valence-electron chi connectivity index (χ0n) is 12.3. The molecule has 1 aromatic heterocycles. The van der Waals surface area contributed by atoms with Crippen molar-refractivity contribution in [3.8, 4) is 0 Å². The van der Waals surface area contributed by atoms with Crippen molar-refractivity contribution >= 4 is 11.7 Å². The van der Waals surface area contributed by atoms with Crippen LogP contribution in [-0.2, 0) is 13.2 Å². The van der Waals surface area contributed by atoms with Crippen LogP contribution in [0.2, 0.25) is 0 Å². The number of urea groups is 1. The van der Waals surface area contributed by atoms with Gasteiger partial charge >= 0.3 is 12.2 Å². The number of alkyl halides is 3. The third kappa shape index (κ3) is 4.49. The number of aliphatic hydroxyl groups is 1. The van der Waals surface area contributed by atoms with E-state index in [9.17, 15) is 23.1 Å². The zero-order valence-corrected chi connectivity index (χ0v) is 12.3. The quantitative estimate of drug-likeness (QED) is 0.808. The molecule has 1 unspecified atom stereocenters. The average Bonchev–Trinajstić information content (AvgIpc) is 2.90. The van der Waals surface area contributed by atoms with Crippen molar-refractivity contribution in [3.63, 3.8) is 0 Å². The van der Waals surface area contributed by atoms with E-state index in [4.69, 9.17) is 0 Å². The molecule has 0 aliphatic carbocycles. The first-order valence-corrected chi connectivity index (χ1v) is 6.79. The number of halogens is 3. The van der Waals surface area contributed by atoms with Gasteiger partial charge in [-0.2, -0.15) is 13.2 Å². The van der Waals surface area contributed by atoms with Gasteiger partial charge in [-0.3, -0.25) is 0 Å². The van der Waals surface area contributed by atoms with Crippen LogP contribution in [-0.4, -0.2) is 22.2 Å². The second-order valence-corrected chi connectivity index (χ2v) is 4.97. The Morgan fingerprint density at radius 2 is 1.91 bits per heavy atom. The number of hydrogen-bond acceptors (Lipinski definition) is 2. The maximum atomic E-state index is 12.4. The highest BCUT2D eigenvalue weighted by Gasteiger charge is 2.29. The summed E-state index contributed by atoms with van der Waals surface area (Å²) < 4.78 is 39.0. The minimum absolute atomic E-state index is 0.0235. The number of aromatic nitrogens is 1. The van der Waals surface area contributed by atoms with Crippen molar-refractivity contribution in [2.75, 3.05) is 11.9 Å². The van der Waals surface area contributed by atoms with Crippen LogP contribution in [0.25, 0.3) is 0 Å². The lowest BCUT2D eigenvalue weighted by Gasteiger charge is -2.14. The molecule has 0 fully saturated rings. The number of carbonyl (C=O) groups excluding carboxylic acids is 1. The number of rotatable bonds is 4. The molecule has 5 nitrogen and oxygen atoms in total. The van der Waals surface area contributed by atoms with Gasteiger partial charge < -0.3 is 20.3 Å². The largest absolute Gasteiger partial charge is 0.416 e. The minimum atomic E-state index is -4.42. The number of benzene rings is 1. The Hall–Kier alpha value is -2.48. The Kier molecular flexibility index (Phi) is 4.95. The highest BCUT2D eigenvalue weighted by atomic mass is 19.4. The molecule has 1 atom stereocenters. The molecular weight excluding hydrogens is 311 g/mol. The van der Waals surface area contributed by atoms with Crippen molar-refractivity contribution in [1.82, 2.24) is 9.88 Å². The van der Waals surface area contributed by atoms with Crippen LogP contribution in [0.1, 0.15) is 17.4 Å². The fraction of sp³-hybridized carbons (Fsp3) is 0.267. The SMILES string of the molecule is Cn1cccc1C(O)CNC(=O)Nc1ccc(C(F)(F)F)cc1. The van der Waals surface area contributed by atoms with Crippen molar-refractivity contribution in [2.24, 2.45) is 7.05 Å². The standard InChI is InChI=1S/C15H16F3N3O2/c1-21-8-2-3-12(21)13(22)9-19-14(23)20-11-6-4-10(5-7-11)15(16,17)18/h2-8,13,22H,9H2,1H3,(H2,19,20,23). The summed E-state index contributed by atoms with van der Waals surface area (Å²) in [7, 11) is 1.76. The maximum Gasteiger partial charge on any atom is 0.416 e. The van der Waals surface area contributed by atoms with Crippen LogP contribution in [0.3, 0.4) is 0 Å². The summed E-state index contributed by atoms with van der Waals surface area (Å²) in [6.07, 6.45) is -3.53. The molecule has 124 valence electrons. The highest BCUT2D eigenvalue weighted by molar-refractivity contribution is 5.89. The summed E-state index contributed by atoms with van der Waals surface area (Å²) in [5, 5.41) is 14.8. The van der Waals surface area contributed by atoms with E-state index in [0.717, 1.165) is 24.3 Å². The summed E-state index contributed by atoms with van der Waals surface area (Å²) >= 11 is 0. The van der Waals surface area contributed by atoms with Crippen molar-refractivity contribution in [3.05, 3.63) is 53.9 Å². The molecule has 1 heterocycles. The van der Waals surface area contributed by atoms with E-state index in [-0.39, 0.29) is 12.2 Å². The smallest absolute Gasteiger partial charge is 0.385 e. The third-order valence-electron chi connectivity index (χ3n) is 3.25. The average molecular weight is 327 g/mol. The van der Waals surface area contributed by atoms with E-state index < -0.39 is 23.9 Å². The molecular formula is C15H16F3N3O2. The molecule has 0 saturated carbocycles. The zero-order chi connectivity index (χ0) is 17.0. The van der Waals surface area contributed by atoms with Gasteiger partial charge in [-0.25, -0.2) is 4.79 Å². The van der Waals surface area contributed by atoms with Crippen LogP contribution in [0, 0.1) is 0 Å². The van der Waals surface area contributed by atoms with E-state index >= 15 is 0 Å². The first-order valence-electron chi connectivity index (χ1n) is 6.79. The lowest BCUT2D eigenvalue weighted by atomic mass is 10.2. The van der Waals surface area contributed by atoms with Crippen LogP contribution in [0.15, 0.2) is 42.6 Å². The molecule has 2 aromatic rings. The van der Waals surface area contributed by atoms with Gasteiger partial charge in [0.1, 0.15) is 6.10 Å². The number of hydrogen-bond donors (Lipinski definition) is 3. The summed E-state index contributed by atoms with van der Waals surface area (Å²) in [4.78, 5) is 11.7. The monoisotopic (exact) mass is 327 g/mol. The number of nitrogens with one attached hydrogen (secondary N) is 2. The van der Waals surface area contributed by atoms with Crippen LogP contribution < -0.4 is 10.6 Å².